The Morgan fingerprint density at radius 1 is 1.03 bits per heavy atom. The maximum Gasteiger partial charge on any atom is 0.248 e. The number of piperidine rings is 1. The van der Waals surface area contributed by atoms with E-state index in [0.717, 1.165) is 24.1 Å². The molecule has 1 aliphatic carbocycles. The van der Waals surface area contributed by atoms with E-state index in [0.29, 0.717) is 31.0 Å². The SMILES string of the molecule is O=C1COC2(CCN(S(=O)(=O)c3ccc(-c4ccc(-n5cccn5)cc4)cc3F)CC2)CN1C1CC1. The first-order valence-electron chi connectivity index (χ1n) is 12.2. The van der Waals surface area contributed by atoms with Gasteiger partial charge in [0.2, 0.25) is 15.9 Å². The molecule has 0 N–H and O–H groups in total. The number of rotatable bonds is 5. The van der Waals surface area contributed by atoms with Gasteiger partial charge in [0.15, 0.2) is 0 Å². The zero-order valence-corrected chi connectivity index (χ0v) is 20.5. The first-order chi connectivity index (χ1) is 17.3. The molecule has 6 rings (SSSR count). The molecule has 10 heteroatoms. The van der Waals surface area contributed by atoms with Crippen LogP contribution in [0.2, 0.25) is 0 Å². The number of carbonyl (C=O) groups is 1. The highest BCUT2D eigenvalue weighted by Crippen LogP contribution is 2.37. The van der Waals surface area contributed by atoms with E-state index in [1.807, 2.05) is 41.4 Å². The lowest BCUT2D eigenvalue weighted by atomic mass is 9.90. The number of carbonyl (C=O) groups excluding carboxylic acids is 1. The predicted octanol–water partition coefficient (Wildman–Crippen LogP) is 3.22. The van der Waals surface area contributed by atoms with Gasteiger partial charge >= 0.3 is 0 Å². The Labute approximate surface area is 209 Å². The Morgan fingerprint density at radius 2 is 1.75 bits per heavy atom. The Bertz CT molecular complexity index is 1380. The molecule has 1 saturated carbocycles. The van der Waals surface area contributed by atoms with Gasteiger partial charge in [0.25, 0.3) is 0 Å². The number of morpholine rings is 1. The molecule has 3 aromatic rings. The summed E-state index contributed by atoms with van der Waals surface area (Å²) in [5.74, 6) is -0.764. The van der Waals surface area contributed by atoms with Gasteiger partial charge in [0.05, 0.1) is 17.8 Å². The van der Waals surface area contributed by atoms with E-state index >= 15 is 4.39 Å². The fourth-order valence-electron chi connectivity index (χ4n) is 5.15. The number of hydrogen-bond acceptors (Lipinski definition) is 5. The fraction of sp³-hybridized carbons (Fsp3) is 0.385. The fourth-order valence-corrected chi connectivity index (χ4v) is 6.64. The van der Waals surface area contributed by atoms with E-state index in [1.54, 1.807) is 16.9 Å². The minimum atomic E-state index is -4.00. The molecule has 8 nitrogen and oxygen atoms in total. The number of amides is 1. The van der Waals surface area contributed by atoms with Crippen LogP contribution >= 0.6 is 0 Å². The summed E-state index contributed by atoms with van der Waals surface area (Å²) in [5, 5.41) is 4.19. The molecule has 1 aromatic heterocycles. The van der Waals surface area contributed by atoms with Crippen molar-refractivity contribution in [3.63, 3.8) is 0 Å². The molecular formula is C26H27FN4O4S. The van der Waals surface area contributed by atoms with Gasteiger partial charge in [-0.1, -0.05) is 18.2 Å². The topological polar surface area (TPSA) is 84.7 Å². The van der Waals surface area contributed by atoms with Crippen LogP contribution in [0.1, 0.15) is 25.7 Å². The zero-order valence-electron chi connectivity index (χ0n) is 19.7. The second kappa shape index (κ2) is 8.79. The van der Waals surface area contributed by atoms with Crippen LogP contribution in [0.5, 0.6) is 0 Å². The molecule has 1 amide bonds. The van der Waals surface area contributed by atoms with E-state index in [4.69, 9.17) is 4.74 Å². The maximum atomic E-state index is 15.1. The summed E-state index contributed by atoms with van der Waals surface area (Å²) in [6.07, 6.45) is 6.52. The van der Waals surface area contributed by atoms with Gasteiger partial charge in [-0.2, -0.15) is 9.40 Å². The van der Waals surface area contributed by atoms with Crippen molar-refractivity contribution in [2.75, 3.05) is 26.2 Å². The molecule has 3 heterocycles. The lowest BCUT2D eigenvalue weighted by Crippen LogP contribution is -2.59. The Kier molecular flexibility index (Phi) is 5.70. The molecule has 0 bridgehead atoms. The average Bonchev–Trinajstić information content (AvgIpc) is 3.59. The highest BCUT2D eigenvalue weighted by molar-refractivity contribution is 7.89. The van der Waals surface area contributed by atoms with Crippen LogP contribution in [-0.2, 0) is 19.6 Å². The van der Waals surface area contributed by atoms with E-state index in [-0.39, 0.29) is 30.5 Å². The smallest absolute Gasteiger partial charge is 0.248 e. The Morgan fingerprint density at radius 3 is 2.39 bits per heavy atom. The van der Waals surface area contributed by atoms with Crippen LogP contribution in [0, 0.1) is 5.82 Å². The molecular weight excluding hydrogens is 483 g/mol. The molecule has 0 unspecified atom stereocenters. The average molecular weight is 511 g/mol. The number of hydrogen-bond donors (Lipinski definition) is 0. The Balaban J connectivity index is 1.16. The minimum Gasteiger partial charge on any atom is -0.363 e. The summed E-state index contributed by atoms with van der Waals surface area (Å²) in [4.78, 5) is 13.8. The Hall–Kier alpha value is -3.08. The van der Waals surface area contributed by atoms with Gasteiger partial charge in [-0.05, 0) is 67.1 Å². The third-order valence-corrected chi connectivity index (χ3v) is 9.35. The molecule has 3 fully saturated rings. The standard InChI is InChI=1S/C26H27FN4O4S/c27-23-16-20(19-2-5-22(6-3-19)31-13-1-12-28-31)4-9-24(23)36(33,34)29-14-10-26(11-15-29)18-30(21-7-8-21)25(32)17-35-26/h1-6,9,12-13,16,21H,7-8,10-11,14-15,17-18H2. The van der Waals surface area contributed by atoms with E-state index < -0.39 is 21.4 Å². The third kappa shape index (κ3) is 4.23. The van der Waals surface area contributed by atoms with Crippen LogP contribution in [0.3, 0.4) is 0 Å². The maximum absolute atomic E-state index is 15.1. The van der Waals surface area contributed by atoms with Crippen molar-refractivity contribution in [1.29, 1.82) is 0 Å². The molecule has 2 saturated heterocycles. The molecule has 1 spiro atoms. The van der Waals surface area contributed by atoms with Gasteiger partial charge in [-0.15, -0.1) is 0 Å². The van der Waals surface area contributed by atoms with Gasteiger partial charge in [0.1, 0.15) is 17.3 Å². The van der Waals surface area contributed by atoms with Gasteiger partial charge < -0.3 is 9.64 Å². The van der Waals surface area contributed by atoms with Crippen LogP contribution in [0.25, 0.3) is 16.8 Å². The van der Waals surface area contributed by atoms with Crippen molar-refractivity contribution in [3.8, 4) is 16.8 Å². The molecule has 36 heavy (non-hydrogen) atoms. The number of halogens is 1. The summed E-state index contributed by atoms with van der Waals surface area (Å²) in [5.41, 5.74) is 1.72. The lowest BCUT2D eigenvalue weighted by Gasteiger charge is -2.46. The summed E-state index contributed by atoms with van der Waals surface area (Å²) < 4.78 is 50.7. The van der Waals surface area contributed by atoms with E-state index in [1.165, 1.54) is 16.4 Å². The van der Waals surface area contributed by atoms with E-state index in [2.05, 4.69) is 5.10 Å². The molecule has 188 valence electrons. The zero-order chi connectivity index (χ0) is 24.9. The highest BCUT2D eigenvalue weighted by atomic mass is 32.2. The van der Waals surface area contributed by atoms with Crippen molar-refractivity contribution < 1.29 is 22.3 Å². The van der Waals surface area contributed by atoms with Crippen molar-refractivity contribution in [3.05, 3.63) is 66.7 Å². The molecule has 3 aliphatic rings. The second-order valence-electron chi connectivity index (χ2n) is 9.77. The van der Waals surface area contributed by atoms with Crippen LogP contribution in [0.4, 0.5) is 4.39 Å². The van der Waals surface area contributed by atoms with E-state index in [9.17, 15) is 13.2 Å². The van der Waals surface area contributed by atoms with Crippen LogP contribution in [-0.4, -0.2) is 71.2 Å². The summed E-state index contributed by atoms with van der Waals surface area (Å²) in [6.45, 7) is 1.01. The van der Waals surface area contributed by atoms with Crippen molar-refractivity contribution in [2.45, 2.75) is 42.2 Å². The van der Waals surface area contributed by atoms with Crippen molar-refractivity contribution >= 4 is 15.9 Å². The predicted molar refractivity (Wildman–Crippen MR) is 130 cm³/mol. The van der Waals surface area contributed by atoms with Crippen molar-refractivity contribution in [1.82, 2.24) is 19.0 Å². The molecule has 2 aromatic carbocycles. The normalized spacial score (nSPS) is 20.7. The van der Waals surface area contributed by atoms with Crippen molar-refractivity contribution in [2.24, 2.45) is 0 Å². The first-order valence-corrected chi connectivity index (χ1v) is 13.6. The van der Waals surface area contributed by atoms with Gasteiger partial charge in [-0.25, -0.2) is 17.5 Å². The lowest BCUT2D eigenvalue weighted by molar-refractivity contribution is -0.170. The second-order valence-corrected chi connectivity index (χ2v) is 11.7. The summed E-state index contributed by atoms with van der Waals surface area (Å²) in [7, 11) is -4.00. The van der Waals surface area contributed by atoms with Gasteiger partial charge in [-0.3, -0.25) is 4.79 Å². The number of nitrogens with zero attached hydrogens (tertiary/aromatic N) is 4. The van der Waals surface area contributed by atoms with Crippen LogP contribution in [0.15, 0.2) is 65.8 Å². The quantitative estimate of drug-likeness (QED) is 0.526. The monoisotopic (exact) mass is 510 g/mol. The van der Waals surface area contributed by atoms with Crippen LogP contribution < -0.4 is 0 Å². The highest BCUT2D eigenvalue weighted by Gasteiger charge is 2.47. The summed E-state index contributed by atoms with van der Waals surface area (Å²) >= 11 is 0. The number of ether oxygens (including phenoxy) is 1. The molecule has 0 atom stereocenters. The minimum absolute atomic E-state index is 0.0105. The number of sulfonamides is 1. The van der Waals surface area contributed by atoms with Gasteiger partial charge in [0, 0.05) is 31.5 Å². The molecule has 2 aliphatic heterocycles. The summed E-state index contributed by atoms with van der Waals surface area (Å²) in [6, 6.07) is 13.8. The first kappa shape index (κ1) is 23.3. The number of benzene rings is 2. The number of aromatic nitrogens is 2. The third-order valence-electron chi connectivity index (χ3n) is 7.42. The molecule has 0 radical (unpaired) electrons. The largest absolute Gasteiger partial charge is 0.363 e.